The highest BCUT2D eigenvalue weighted by Gasteiger charge is 2.26. The number of hydrogen-bond donors (Lipinski definition) is 1. The van der Waals surface area contributed by atoms with Crippen molar-refractivity contribution in [1.29, 1.82) is 0 Å². The Bertz CT molecular complexity index is 457. The van der Waals surface area contributed by atoms with Crippen molar-refractivity contribution in [2.24, 2.45) is 0 Å². The predicted octanol–water partition coefficient (Wildman–Crippen LogP) is 3.11. The second kappa shape index (κ2) is 6.14. The number of hydrogen-bond acceptors (Lipinski definition) is 2. The minimum atomic E-state index is -4.15. The fourth-order valence-corrected chi connectivity index (χ4v) is 2.73. The standard InChI is InChI=1S/C15H21F3N2/c1-3-20-9-13-5-4-12(7-14(13)6-11(20)2)8-19-10-15(16,17)18/h4-5,7,11,19H,3,6,8-10H2,1-2H3. The van der Waals surface area contributed by atoms with Crippen LogP contribution in [0, 0.1) is 0 Å². The van der Waals surface area contributed by atoms with E-state index in [1.165, 1.54) is 11.1 Å². The lowest BCUT2D eigenvalue weighted by Crippen LogP contribution is -2.38. The third kappa shape index (κ3) is 3.96. The lowest BCUT2D eigenvalue weighted by molar-refractivity contribution is -0.125. The van der Waals surface area contributed by atoms with Crippen LogP contribution in [0.4, 0.5) is 13.2 Å². The second-order valence-corrected chi connectivity index (χ2v) is 5.44. The normalized spacial score (nSPS) is 19.9. The van der Waals surface area contributed by atoms with Crippen LogP contribution in [-0.4, -0.2) is 30.2 Å². The molecule has 0 fully saturated rings. The van der Waals surface area contributed by atoms with Crippen LogP contribution in [0.15, 0.2) is 18.2 Å². The van der Waals surface area contributed by atoms with E-state index in [-0.39, 0.29) is 6.54 Å². The van der Waals surface area contributed by atoms with Crippen molar-refractivity contribution >= 4 is 0 Å². The number of benzene rings is 1. The summed E-state index contributed by atoms with van der Waals surface area (Å²) in [4.78, 5) is 2.41. The first kappa shape index (κ1) is 15.3. The molecule has 1 N–H and O–H groups in total. The van der Waals surface area contributed by atoms with Crippen molar-refractivity contribution in [3.8, 4) is 0 Å². The van der Waals surface area contributed by atoms with E-state index in [0.717, 1.165) is 25.1 Å². The number of rotatable bonds is 4. The maximum absolute atomic E-state index is 12.1. The third-order valence-corrected chi connectivity index (χ3v) is 3.84. The van der Waals surface area contributed by atoms with Crippen LogP contribution >= 0.6 is 0 Å². The van der Waals surface area contributed by atoms with Gasteiger partial charge in [-0.3, -0.25) is 4.90 Å². The molecule has 2 rings (SSSR count). The molecule has 0 bridgehead atoms. The molecule has 0 radical (unpaired) electrons. The van der Waals surface area contributed by atoms with Gasteiger partial charge in [0.25, 0.3) is 0 Å². The fraction of sp³-hybridized carbons (Fsp3) is 0.600. The number of halogens is 3. The van der Waals surface area contributed by atoms with Crippen LogP contribution in [0.2, 0.25) is 0 Å². The Kier molecular flexibility index (Phi) is 4.70. The molecule has 0 amide bonds. The molecule has 0 spiro atoms. The van der Waals surface area contributed by atoms with Crippen molar-refractivity contribution in [3.05, 3.63) is 34.9 Å². The molecule has 5 heteroatoms. The second-order valence-electron chi connectivity index (χ2n) is 5.44. The topological polar surface area (TPSA) is 15.3 Å². The highest BCUT2D eigenvalue weighted by Crippen LogP contribution is 2.24. The SMILES string of the molecule is CCN1Cc2ccc(CNCC(F)(F)F)cc2CC1C. The van der Waals surface area contributed by atoms with Gasteiger partial charge in [0.15, 0.2) is 0 Å². The molecule has 2 nitrogen and oxygen atoms in total. The summed E-state index contributed by atoms with van der Waals surface area (Å²) in [5, 5.41) is 2.44. The average molecular weight is 286 g/mol. The summed E-state index contributed by atoms with van der Waals surface area (Å²) in [6, 6.07) is 6.51. The highest BCUT2D eigenvalue weighted by atomic mass is 19.4. The zero-order valence-corrected chi connectivity index (χ0v) is 11.9. The summed E-state index contributed by atoms with van der Waals surface area (Å²) in [6.45, 7) is 5.62. The van der Waals surface area contributed by atoms with E-state index in [2.05, 4.69) is 30.1 Å². The lowest BCUT2D eigenvalue weighted by Gasteiger charge is -2.34. The molecular formula is C15H21F3N2. The molecular weight excluding hydrogens is 265 g/mol. The van der Waals surface area contributed by atoms with Gasteiger partial charge in [0.2, 0.25) is 0 Å². The quantitative estimate of drug-likeness (QED) is 0.915. The van der Waals surface area contributed by atoms with Gasteiger partial charge in [0, 0.05) is 19.1 Å². The van der Waals surface area contributed by atoms with Gasteiger partial charge in [-0.1, -0.05) is 25.1 Å². The number of nitrogens with one attached hydrogen (secondary N) is 1. The summed E-state index contributed by atoms with van der Waals surface area (Å²) in [7, 11) is 0. The minimum Gasteiger partial charge on any atom is -0.305 e. The summed E-state index contributed by atoms with van der Waals surface area (Å²) < 4.78 is 36.3. The molecule has 0 aliphatic carbocycles. The van der Waals surface area contributed by atoms with E-state index in [0.29, 0.717) is 6.04 Å². The Morgan fingerprint density at radius 1 is 1.30 bits per heavy atom. The van der Waals surface area contributed by atoms with Crippen LogP contribution in [0.1, 0.15) is 30.5 Å². The summed E-state index contributed by atoms with van der Waals surface area (Å²) in [5.41, 5.74) is 3.49. The van der Waals surface area contributed by atoms with Crippen LogP contribution in [0.5, 0.6) is 0 Å². The van der Waals surface area contributed by atoms with E-state index >= 15 is 0 Å². The van der Waals surface area contributed by atoms with Gasteiger partial charge >= 0.3 is 6.18 Å². The van der Waals surface area contributed by atoms with Crippen molar-refractivity contribution in [1.82, 2.24) is 10.2 Å². The maximum Gasteiger partial charge on any atom is 0.401 e. The number of fused-ring (bicyclic) bond motifs is 1. The molecule has 1 atom stereocenters. The molecule has 0 aromatic heterocycles. The first-order valence-electron chi connectivity index (χ1n) is 7.01. The lowest BCUT2D eigenvalue weighted by atomic mass is 9.93. The Balaban J connectivity index is 2.00. The zero-order valence-electron chi connectivity index (χ0n) is 11.9. The van der Waals surface area contributed by atoms with Gasteiger partial charge in [0.05, 0.1) is 6.54 Å². The summed E-state index contributed by atoms with van der Waals surface area (Å²) >= 11 is 0. The molecule has 20 heavy (non-hydrogen) atoms. The number of nitrogens with zero attached hydrogens (tertiary/aromatic N) is 1. The van der Waals surface area contributed by atoms with Gasteiger partial charge in [-0.15, -0.1) is 0 Å². The molecule has 1 aromatic rings. The molecule has 112 valence electrons. The molecule has 1 aliphatic rings. The van der Waals surface area contributed by atoms with Gasteiger partial charge in [0.1, 0.15) is 0 Å². The van der Waals surface area contributed by atoms with Crippen LogP contribution in [-0.2, 0) is 19.5 Å². The number of alkyl halides is 3. The van der Waals surface area contributed by atoms with E-state index in [1.807, 2.05) is 12.1 Å². The first-order valence-corrected chi connectivity index (χ1v) is 7.01. The Morgan fingerprint density at radius 2 is 2.05 bits per heavy atom. The molecule has 0 saturated heterocycles. The molecule has 1 unspecified atom stereocenters. The van der Waals surface area contributed by atoms with E-state index < -0.39 is 12.7 Å². The Morgan fingerprint density at radius 3 is 2.70 bits per heavy atom. The fourth-order valence-electron chi connectivity index (χ4n) is 2.73. The monoisotopic (exact) mass is 286 g/mol. The van der Waals surface area contributed by atoms with Crippen molar-refractivity contribution < 1.29 is 13.2 Å². The van der Waals surface area contributed by atoms with E-state index in [9.17, 15) is 13.2 Å². The predicted molar refractivity (Wildman–Crippen MR) is 73.5 cm³/mol. The molecule has 0 saturated carbocycles. The Hall–Kier alpha value is -1.07. The summed E-state index contributed by atoms with van der Waals surface area (Å²) in [5.74, 6) is 0. The zero-order chi connectivity index (χ0) is 14.8. The largest absolute Gasteiger partial charge is 0.401 e. The van der Waals surface area contributed by atoms with Gasteiger partial charge < -0.3 is 5.32 Å². The highest BCUT2D eigenvalue weighted by molar-refractivity contribution is 5.34. The molecule has 1 aromatic carbocycles. The van der Waals surface area contributed by atoms with Gasteiger partial charge in [-0.25, -0.2) is 0 Å². The third-order valence-electron chi connectivity index (χ3n) is 3.84. The molecule has 1 aliphatic heterocycles. The van der Waals surface area contributed by atoms with Crippen LogP contribution in [0.3, 0.4) is 0 Å². The molecule has 1 heterocycles. The van der Waals surface area contributed by atoms with Crippen LogP contribution in [0.25, 0.3) is 0 Å². The van der Waals surface area contributed by atoms with Crippen molar-refractivity contribution in [3.63, 3.8) is 0 Å². The number of likely N-dealkylation sites (N-methyl/N-ethyl adjacent to an activating group) is 1. The van der Waals surface area contributed by atoms with Gasteiger partial charge in [-0.05, 0) is 36.6 Å². The van der Waals surface area contributed by atoms with Crippen molar-refractivity contribution in [2.45, 2.75) is 45.6 Å². The smallest absolute Gasteiger partial charge is 0.305 e. The van der Waals surface area contributed by atoms with Crippen LogP contribution < -0.4 is 5.32 Å². The van der Waals surface area contributed by atoms with Crippen molar-refractivity contribution in [2.75, 3.05) is 13.1 Å². The Labute approximate surface area is 118 Å². The summed E-state index contributed by atoms with van der Waals surface area (Å²) in [6.07, 6.45) is -3.18. The van der Waals surface area contributed by atoms with Gasteiger partial charge in [-0.2, -0.15) is 13.2 Å². The van der Waals surface area contributed by atoms with E-state index in [1.54, 1.807) is 0 Å². The first-order chi connectivity index (χ1) is 9.39. The van der Waals surface area contributed by atoms with E-state index in [4.69, 9.17) is 0 Å². The maximum atomic E-state index is 12.1. The average Bonchev–Trinajstić information content (AvgIpc) is 2.36. The minimum absolute atomic E-state index is 0.263.